The summed E-state index contributed by atoms with van der Waals surface area (Å²) in [7, 11) is 0. The number of rotatable bonds is 14. The quantitative estimate of drug-likeness (QED) is 0.357. The Morgan fingerprint density at radius 3 is 2.35 bits per heavy atom. The van der Waals surface area contributed by atoms with Crippen LogP contribution in [0.2, 0.25) is 0 Å². The van der Waals surface area contributed by atoms with Crippen LogP contribution in [0.25, 0.3) is 0 Å². The Bertz CT molecular complexity index is 1110. The van der Waals surface area contributed by atoms with Gasteiger partial charge in [0.25, 0.3) is 0 Å². The van der Waals surface area contributed by atoms with Crippen molar-refractivity contribution in [2.24, 2.45) is 11.8 Å². The molecule has 1 N–H and O–H groups in total. The zero-order valence-corrected chi connectivity index (χ0v) is 24.3. The van der Waals surface area contributed by atoms with E-state index in [1.54, 1.807) is 26.9 Å². The van der Waals surface area contributed by atoms with Crippen LogP contribution in [0, 0.1) is 11.8 Å². The summed E-state index contributed by atoms with van der Waals surface area (Å²) < 4.78 is 6.92. The fourth-order valence-electron chi connectivity index (χ4n) is 7.40. The fraction of sp³-hybridized carbons (Fsp3) is 0.594. The summed E-state index contributed by atoms with van der Waals surface area (Å²) in [6, 6.07) is 8.22. The second kappa shape index (κ2) is 12.3. The average Bonchev–Trinajstić information content (AvgIpc) is 3.57. The minimum Gasteiger partial charge on any atom is -0.394 e. The first-order chi connectivity index (χ1) is 19.3. The van der Waals surface area contributed by atoms with E-state index < -0.39 is 35.1 Å². The molecule has 40 heavy (non-hydrogen) atoms. The van der Waals surface area contributed by atoms with Gasteiger partial charge in [0.15, 0.2) is 0 Å². The summed E-state index contributed by atoms with van der Waals surface area (Å²) >= 11 is 0. The van der Waals surface area contributed by atoms with Crippen molar-refractivity contribution in [3.8, 4) is 0 Å². The van der Waals surface area contributed by atoms with Crippen LogP contribution < -0.4 is 0 Å². The maximum atomic E-state index is 14.6. The van der Waals surface area contributed by atoms with Crippen LogP contribution in [0.3, 0.4) is 0 Å². The normalized spacial score (nSPS) is 29.2. The van der Waals surface area contributed by atoms with Crippen molar-refractivity contribution in [1.82, 2.24) is 14.7 Å². The Kier molecular flexibility index (Phi) is 9.20. The van der Waals surface area contributed by atoms with E-state index in [0.29, 0.717) is 51.9 Å². The van der Waals surface area contributed by atoms with E-state index in [2.05, 4.69) is 13.2 Å². The summed E-state index contributed by atoms with van der Waals surface area (Å²) in [6.45, 7) is 14.9. The maximum absolute atomic E-state index is 14.6. The van der Waals surface area contributed by atoms with Gasteiger partial charge in [-0.25, -0.2) is 0 Å². The standard InChI is InChI=1S/C32H45N3O5/c1-6-18-33(19-7-2)28(37)25-26-29(38)35(24(9-4)22-36)27(32(26)17-16-31(25,10-5)40-32)30(39)34(20-8-3)21-23-14-12-11-13-15-23/h6,8,11-15,24-27,36H,1,3,7,9-10,16-22H2,2,4-5H3/t24-,25+,26-,27?,31-,32?/m0/s1. The monoisotopic (exact) mass is 551 g/mol. The molecule has 1 spiro atoms. The zero-order valence-electron chi connectivity index (χ0n) is 24.3. The number of ether oxygens (including phenoxy) is 1. The highest BCUT2D eigenvalue weighted by Crippen LogP contribution is 2.65. The summed E-state index contributed by atoms with van der Waals surface area (Å²) in [5.74, 6) is -2.08. The van der Waals surface area contributed by atoms with Crippen molar-refractivity contribution in [1.29, 1.82) is 0 Å². The van der Waals surface area contributed by atoms with Crippen molar-refractivity contribution in [2.45, 2.75) is 82.7 Å². The number of hydrogen-bond acceptors (Lipinski definition) is 5. The van der Waals surface area contributed by atoms with Gasteiger partial charge in [-0.15, -0.1) is 13.2 Å². The molecule has 1 aromatic rings. The van der Waals surface area contributed by atoms with Crippen molar-refractivity contribution >= 4 is 17.7 Å². The van der Waals surface area contributed by atoms with Crippen LogP contribution in [-0.4, -0.2) is 87.1 Å². The molecular formula is C32H45N3O5. The van der Waals surface area contributed by atoms with Crippen LogP contribution in [0.1, 0.15) is 58.4 Å². The van der Waals surface area contributed by atoms with Crippen LogP contribution in [0.5, 0.6) is 0 Å². The molecule has 0 aromatic heterocycles. The number of aliphatic hydroxyl groups excluding tert-OH is 1. The number of hydrogen-bond donors (Lipinski definition) is 1. The molecule has 0 aliphatic carbocycles. The van der Waals surface area contributed by atoms with E-state index in [1.807, 2.05) is 51.1 Å². The van der Waals surface area contributed by atoms with E-state index >= 15 is 0 Å². The number of carbonyl (C=O) groups excluding carboxylic acids is 3. The molecule has 2 bridgehead atoms. The lowest BCUT2D eigenvalue weighted by molar-refractivity contribution is -0.158. The zero-order chi connectivity index (χ0) is 29.1. The lowest BCUT2D eigenvalue weighted by Gasteiger charge is -2.39. The van der Waals surface area contributed by atoms with Crippen molar-refractivity contribution < 1.29 is 24.2 Å². The average molecular weight is 552 g/mol. The van der Waals surface area contributed by atoms with Gasteiger partial charge in [-0.05, 0) is 37.7 Å². The van der Waals surface area contributed by atoms with E-state index in [9.17, 15) is 19.5 Å². The van der Waals surface area contributed by atoms with Gasteiger partial charge in [0.2, 0.25) is 17.7 Å². The topological polar surface area (TPSA) is 90.4 Å². The van der Waals surface area contributed by atoms with E-state index in [0.717, 1.165) is 12.0 Å². The van der Waals surface area contributed by atoms with E-state index in [4.69, 9.17) is 4.74 Å². The number of fused-ring (bicyclic) bond motifs is 1. The fourth-order valence-corrected chi connectivity index (χ4v) is 7.40. The lowest BCUT2D eigenvalue weighted by atomic mass is 9.64. The molecule has 3 amide bonds. The molecule has 0 radical (unpaired) electrons. The smallest absolute Gasteiger partial charge is 0.249 e. The summed E-state index contributed by atoms with van der Waals surface area (Å²) in [5.41, 5.74) is -0.972. The van der Waals surface area contributed by atoms with Crippen molar-refractivity contribution in [3.05, 3.63) is 61.2 Å². The molecule has 4 rings (SSSR count). The third-order valence-corrected chi connectivity index (χ3v) is 9.23. The molecule has 3 saturated heterocycles. The molecule has 6 atom stereocenters. The third kappa shape index (κ3) is 4.79. The summed E-state index contributed by atoms with van der Waals surface area (Å²) in [6.07, 6.45) is 6.34. The third-order valence-electron chi connectivity index (χ3n) is 9.23. The number of amides is 3. The van der Waals surface area contributed by atoms with Gasteiger partial charge < -0.3 is 24.5 Å². The highest BCUT2D eigenvalue weighted by molar-refractivity contribution is 5.99. The van der Waals surface area contributed by atoms with Crippen molar-refractivity contribution in [3.63, 3.8) is 0 Å². The van der Waals surface area contributed by atoms with E-state index in [1.165, 1.54) is 0 Å². The molecular weight excluding hydrogens is 506 g/mol. The van der Waals surface area contributed by atoms with Crippen LogP contribution in [0.15, 0.2) is 55.6 Å². The predicted molar refractivity (Wildman–Crippen MR) is 154 cm³/mol. The summed E-state index contributed by atoms with van der Waals surface area (Å²) in [4.78, 5) is 48.3. The Morgan fingerprint density at radius 2 is 1.77 bits per heavy atom. The van der Waals surface area contributed by atoms with Gasteiger partial charge in [0.05, 0.1) is 30.1 Å². The lowest BCUT2D eigenvalue weighted by Crippen LogP contribution is -2.58. The van der Waals surface area contributed by atoms with Gasteiger partial charge in [0, 0.05) is 26.2 Å². The molecule has 3 heterocycles. The molecule has 2 unspecified atom stereocenters. The predicted octanol–water partition coefficient (Wildman–Crippen LogP) is 3.55. The molecule has 0 saturated carbocycles. The molecule has 1 aromatic carbocycles. The number of likely N-dealkylation sites (tertiary alicyclic amines) is 1. The van der Waals surface area contributed by atoms with Gasteiger partial charge in [0.1, 0.15) is 11.6 Å². The van der Waals surface area contributed by atoms with Crippen molar-refractivity contribution in [2.75, 3.05) is 26.2 Å². The first-order valence-corrected chi connectivity index (χ1v) is 14.8. The minimum atomic E-state index is -1.13. The van der Waals surface area contributed by atoms with Gasteiger partial charge in [-0.1, -0.05) is 63.3 Å². The minimum absolute atomic E-state index is 0.110. The second-order valence-electron chi connectivity index (χ2n) is 11.4. The maximum Gasteiger partial charge on any atom is 0.249 e. The first kappa shape index (κ1) is 30.0. The molecule has 8 nitrogen and oxygen atoms in total. The molecule has 3 aliphatic rings. The highest BCUT2D eigenvalue weighted by atomic mass is 16.5. The summed E-state index contributed by atoms with van der Waals surface area (Å²) in [5, 5.41) is 10.3. The largest absolute Gasteiger partial charge is 0.394 e. The number of carbonyl (C=O) groups is 3. The van der Waals surface area contributed by atoms with E-state index in [-0.39, 0.29) is 24.3 Å². The SMILES string of the molecule is C=CCN(Cc1ccccc1)C(=O)C1N([C@@H](CC)CO)C(=O)[C@@H]2[C@H](C(=O)N(CC=C)CCC)[C@]3(CC)CCC12O3. The Balaban J connectivity index is 1.81. The molecule has 3 fully saturated rings. The highest BCUT2D eigenvalue weighted by Gasteiger charge is 2.79. The van der Waals surface area contributed by atoms with Crippen LogP contribution >= 0.6 is 0 Å². The van der Waals surface area contributed by atoms with Gasteiger partial charge >= 0.3 is 0 Å². The Hall–Kier alpha value is -2.97. The van der Waals surface area contributed by atoms with Gasteiger partial charge in [-0.2, -0.15) is 0 Å². The Morgan fingerprint density at radius 1 is 1.10 bits per heavy atom. The Labute approximate surface area is 238 Å². The molecule has 8 heteroatoms. The number of aliphatic hydroxyl groups is 1. The van der Waals surface area contributed by atoms with Gasteiger partial charge in [-0.3, -0.25) is 14.4 Å². The molecule has 218 valence electrons. The van der Waals surface area contributed by atoms with Crippen LogP contribution in [-0.2, 0) is 25.7 Å². The van der Waals surface area contributed by atoms with Crippen LogP contribution in [0.4, 0.5) is 0 Å². The number of nitrogens with zero attached hydrogens (tertiary/aromatic N) is 3. The second-order valence-corrected chi connectivity index (χ2v) is 11.4. The first-order valence-electron chi connectivity index (χ1n) is 14.8. The number of benzene rings is 1. The molecule has 3 aliphatic heterocycles.